The van der Waals surface area contributed by atoms with Crippen molar-refractivity contribution in [2.75, 3.05) is 0 Å². The van der Waals surface area contributed by atoms with Gasteiger partial charge in [-0.1, -0.05) is 42.0 Å². The van der Waals surface area contributed by atoms with Crippen molar-refractivity contribution < 1.29 is 18.0 Å². The van der Waals surface area contributed by atoms with Crippen LogP contribution in [0.3, 0.4) is 0 Å². The predicted molar refractivity (Wildman–Crippen MR) is 114 cm³/mol. The highest BCUT2D eigenvalue weighted by molar-refractivity contribution is 5.92. The molecule has 3 aromatic rings. The van der Waals surface area contributed by atoms with Gasteiger partial charge in [-0.25, -0.2) is 4.68 Å². The number of carbonyl (C=O) groups is 1. The fourth-order valence-corrected chi connectivity index (χ4v) is 3.62. The molecule has 1 saturated carbocycles. The Morgan fingerprint density at radius 1 is 1.09 bits per heavy atom. The zero-order valence-corrected chi connectivity index (χ0v) is 17.7. The Morgan fingerprint density at radius 3 is 2.38 bits per heavy atom. The van der Waals surface area contributed by atoms with Gasteiger partial charge in [0.25, 0.3) is 5.91 Å². The van der Waals surface area contributed by atoms with E-state index < -0.39 is 23.1 Å². The summed E-state index contributed by atoms with van der Waals surface area (Å²) in [6.07, 6.45) is -2.98. The van der Waals surface area contributed by atoms with E-state index in [0.29, 0.717) is 6.54 Å². The molecule has 32 heavy (non-hydrogen) atoms. The second kappa shape index (κ2) is 8.26. The third-order valence-electron chi connectivity index (χ3n) is 5.47. The normalized spacial score (nSPS) is 13.8. The van der Waals surface area contributed by atoms with E-state index in [1.165, 1.54) is 25.1 Å². The second-order valence-electron chi connectivity index (χ2n) is 8.08. The van der Waals surface area contributed by atoms with Crippen molar-refractivity contribution >= 4 is 5.91 Å². The minimum absolute atomic E-state index is 0.0118. The third kappa shape index (κ3) is 4.44. The molecular weight excluding hydrogens is 419 g/mol. The van der Waals surface area contributed by atoms with Gasteiger partial charge in [0.1, 0.15) is 0 Å². The van der Waals surface area contributed by atoms with Crippen LogP contribution in [0.5, 0.6) is 0 Å². The lowest BCUT2D eigenvalue weighted by molar-refractivity contribution is -0.137. The first-order chi connectivity index (χ1) is 15.1. The number of nitrogens with zero attached hydrogens (tertiary/aromatic N) is 3. The summed E-state index contributed by atoms with van der Waals surface area (Å²) in [6, 6.07) is 13.8. The van der Waals surface area contributed by atoms with Crippen LogP contribution in [0, 0.1) is 13.8 Å². The summed E-state index contributed by atoms with van der Waals surface area (Å²) in [5.41, 5.74) is 0.0868. The number of rotatable bonds is 5. The molecule has 1 aromatic heterocycles. The van der Waals surface area contributed by atoms with E-state index in [1.54, 1.807) is 4.90 Å². The molecule has 0 atom stereocenters. The number of para-hydroxylation sites is 1. The van der Waals surface area contributed by atoms with Gasteiger partial charge >= 0.3 is 6.18 Å². The lowest BCUT2D eigenvalue weighted by atomic mass is 10.1. The van der Waals surface area contributed by atoms with Crippen molar-refractivity contribution in [3.63, 3.8) is 0 Å². The number of amides is 1. The van der Waals surface area contributed by atoms with Crippen LogP contribution in [0.4, 0.5) is 13.2 Å². The molecule has 166 valence electrons. The molecule has 4 rings (SSSR count). The molecule has 0 N–H and O–H groups in total. The molecule has 1 aliphatic carbocycles. The molecule has 0 spiro atoms. The minimum atomic E-state index is -4.61. The molecule has 0 unspecified atom stereocenters. The Kier molecular flexibility index (Phi) is 5.62. The van der Waals surface area contributed by atoms with E-state index in [9.17, 15) is 22.8 Å². The lowest BCUT2D eigenvalue weighted by Crippen LogP contribution is -2.37. The van der Waals surface area contributed by atoms with Crippen LogP contribution in [0.2, 0.25) is 0 Å². The van der Waals surface area contributed by atoms with Crippen LogP contribution in [-0.4, -0.2) is 26.6 Å². The van der Waals surface area contributed by atoms with Crippen molar-refractivity contribution in [2.45, 2.75) is 45.5 Å². The fraction of sp³-hybridized carbons (Fsp3) is 0.292. The average molecular weight is 441 g/mol. The molecule has 0 saturated heterocycles. The molecule has 8 heteroatoms. The van der Waals surface area contributed by atoms with Gasteiger partial charge in [-0.15, -0.1) is 0 Å². The Hall–Kier alpha value is -3.42. The highest BCUT2D eigenvalue weighted by Gasteiger charge is 2.36. The van der Waals surface area contributed by atoms with Crippen LogP contribution >= 0.6 is 0 Å². The summed E-state index contributed by atoms with van der Waals surface area (Å²) in [7, 11) is 0. The Morgan fingerprint density at radius 2 is 1.75 bits per heavy atom. The number of hydrogen-bond acceptors (Lipinski definition) is 3. The summed E-state index contributed by atoms with van der Waals surface area (Å²) in [5, 5.41) is 4.12. The van der Waals surface area contributed by atoms with Gasteiger partial charge in [0.05, 0.1) is 11.3 Å². The number of carbonyl (C=O) groups excluding carboxylic acids is 1. The van der Waals surface area contributed by atoms with Crippen LogP contribution in [-0.2, 0) is 12.7 Å². The monoisotopic (exact) mass is 441 g/mol. The molecule has 1 heterocycles. The highest BCUT2D eigenvalue weighted by atomic mass is 19.4. The van der Waals surface area contributed by atoms with E-state index in [0.717, 1.165) is 40.8 Å². The molecule has 1 fully saturated rings. The van der Waals surface area contributed by atoms with E-state index in [4.69, 9.17) is 0 Å². The molecule has 0 bridgehead atoms. The van der Waals surface area contributed by atoms with Crippen molar-refractivity contribution in [1.82, 2.24) is 14.7 Å². The zero-order chi connectivity index (χ0) is 23.0. The van der Waals surface area contributed by atoms with Gasteiger partial charge in [-0.3, -0.25) is 9.59 Å². The van der Waals surface area contributed by atoms with Crippen molar-refractivity contribution in [3.05, 3.63) is 92.9 Å². The zero-order valence-electron chi connectivity index (χ0n) is 17.7. The molecule has 1 amide bonds. The largest absolute Gasteiger partial charge is 0.418 e. The lowest BCUT2D eigenvalue weighted by Gasteiger charge is -2.23. The van der Waals surface area contributed by atoms with Crippen molar-refractivity contribution in [1.29, 1.82) is 0 Å². The van der Waals surface area contributed by atoms with Gasteiger partial charge in [0, 0.05) is 24.3 Å². The maximum Gasteiger partial charge on any atom is 0.418 e. The summed E-state index contributed by atoms with van der Waals surface area (Å²) >= 11 is 0. The number of halogens is 3. The van der Waals surface area contributed by atoms with Gasteiger partial charge in [-0.05, 0) is 44.4 Å². The molecule has 5 nitrogen and oxygen atoms in total. The second-order valence-corrected chi connectivity index (χ2v) is 8.08. The van der Waals surface area contributed by atoms with Gasteiger partial charge in [0.15, 0.2) is 5.69 Å². The van der Waals surface area contributed by atoms with E-state index >= 15 is 0 Å². The molecule has 2 aromatic carbocycles. The maximum atomic E-state index is 13.5. The molecule has 0 radical (unpaired) electrons. The molecule has 1 aliphatic rings. The van der Waals surface area contributed by atoms with Crippen LogP contribution in [0.1, 0.15) is 45.7 Å². The molecule has 0 aliphatic heterocycles. The fourth-order valence-electron chi connectivity index (χ4n) is 3.62. The number of benzene rings is 2. The summed E-state index contributed by atoms with van der Waals surface area (Å²) in [4.78, 5) is 27.6. The number of aryl methyl sites for hydroxylation is 2. The quantitative estimate of drug-likeness (QED) is 0.578. The van der Waals surface area contributed by atoms with E-state index in [-0.39, 0.29) is 23.1 Å². The topological polar surface area (TPSA) is 55.2 Å². The minimum Gasteiger partial charge on any atom is -0.330 e. The first-order valence-electron chi connectivity index (χ1n) is 10.3. The van der Waals surface area contributed by atoms with Gasteiger partial charge in [-0.2, -0.15) is 18.3 Å². The highest BCUT2D eigenvalue weighted by Crippen LogP contribution is 2.34. The van der Waals surface area contributed by atoms with Gasteiger partial charge < -0.3 is 4.90 Å². The summed E-state index contributed by atoms with van der Waals surface area (Å²) in [5.74, 6) is -0.573. The van der Waals surface area contributed by atoms with Crippen molar-refractivity contribution in [2.24, 2.45) is 0 Å². The average Bonchev–Trinajstić information content (AvgIpc) is 3.57. The third-order valence-corrected chi connectivity index (χ3v) is 5.47. The van der Waals surface area contributed by atoms with Crippen molar-refractivity contribution in [3.8, 4) is 5.69 Å². The molecular formula is C24H22F3N3O2. The Balaban J connectivity index is 1.75. The predicted octanol–water partition coefficient (Wildman–Crippen LogP) is 4.67. The Labute approximate surface area is 183 Å². The van der Waals surface area contributed by atoms with E-state index in [2.05, 4.69) is 5.10 Å². The first kappa shape index (κ1) is 21.8. The summed E-state index contributed by atoms with van der Waals surface area (Å²) in [6.45, 7) is 3.75. The maximum absolute atomic E-state index is 13.5. The Bertz CT molecular complexity index is 1210. The summed E-state index contributed by atoms with van der Waals surface area (Å²) < 4.78 is 41.6. The number of alkyl halides is 3. The van der Waals surface area contributed by atoms with Crippen LogP contribution in [0.25, 0.3) is 5.69 Å². The number of aromatic nitrogens is 2. The van der Waals surface area contributed by atoms with Crippen LogP contribution < -0.4 is 5.43 Å². The van der Waals surface area contributed by atoms with E-state index in [1.807, 2.05) is 31.2 Å². The first-order valence-corrected chi connectivity index (χ1v) is 10.3. The number of hydrogen-bond donors (Lipinski definition) is 0. The van der Waals surface area contributed by atoms with Gasteiger partial charge in [0.2, 0.25) is 5.43 Å². The van der Waals surface area contributed by atoms with Crippen LogP contribution in [0.15, 0.2) is 59.4 Å². The SMILES string of the molecule is Cc1ccc(CN(C(=O)c2nn(-c3ccccc3C(F)(F)F)c(C)cc2=O)C2CC2)cc1. The smallest absolute Gasteiger partial charge is 0.330 e. The standard InChI is InChI=1S/C24H22F3N3O2/c1-15-7-9-17(10-8-15)14-29(18-11-12-18)23(32)22-21(31)13-16(2)30(28-22)20-6-4-3-5-19(20)24(25,26)27/h3-10,13,18H,11-12,14H2,1-2H3.